The Morgan fingerprint density at radius 3 is 2.03 bits per heavy atom. The molecular weight excluding hydrogens is 400 g/mol. The van der Waals surface area contributed by atoms with Crippen molar-refractivity contribution in [2.24, 2.45) is 5.10 Å². The molecule has 1 N–H and O–H groups in total. The molecule has 1 fully saturated rings. The fraction of sp³-hybridized carbons (Fsp3) is 0.174. The van der Waals surface area contributed by atoms with E-state index < -0.39 is 10.0 Å². The summed E-state index contributed by atoms with van der Waals surface area (Å²) in [5.41, 5.74) is 3.95. The molecule has 1 aliphatic heterocycles. The Balaban J connectivity index is 1.57. The SMILES string of the molecule is Cc1ccc(S(=O)(=O)N/N=C2\CCC23c2ccccc2Sc2ccccc23)cc1. The number of nitrogens with zero attached hydrogens (tertiary/aromatic N) is 1. The van der Waals surface area contributed by atoms with Crippen LogP contribution in [0.3, 0.4) is 0 Å². The number of fused-ring (bicyclic) bond motifs is 4. The predicted octanol–water partition coefficient (Wildman–Crippen LogP) is 4.87. The van der Waals surface area contributed by atoms with Gasteiger partial charge in [0.15, 0.2) is 0 Å². The maximum Gasteiger partial charge on any atom is 0.276 e. The zero-order valence-corrected chi connectivity index (χ0v) is 17.6. The molecule has 1 aliphatic carbocycles. The molecule has 4 nitrogen and oxygen atoms in total. The van der Waals surface area contributed by atoms with Gasteiger partial charge in [-0.15, -0.1) is 0 Å². The fourth-order valence-corrected chi connectivity index (χ4v) is 6.25. The number of nitrogens with one attached hydrogen (secondary N) is 1. The van der Waals surface area contributed by atoms with Crippen LogP contribution < -0.4 is 4.83 Å². The number of benzene rings is 3. The largest absolute Gasteiger partial charge is 0.276 e. The van der Waals surface area contributed by atoms with Crippen molar-refractivity contribution < 1.29 is 8.42 Å². The highest BCUT2D eigenvalue weighted by Gasteiger charge is 2.51. The second-order valence-corrected chi connectivity index (χ2v) is 10.2. The van der Waals surface area contributed by atoms with Crippen LogP contribution in [0.5, 0.6) is 0 Å². The highest BCUT2D eigenvalue weighted by atomic mass is 32.2. The highest BCUT2D eigenvalue weighted by Crippen LogP contribution is 2.56. The Morgan fingerprint density at radius 2 is 1.48 bits per heavy atom. The van der Waals surface area contributed by atoms with Gasteiger partial charge < -0.3 is 0 Å². The summed E-state index contributed by atoms with van der Waals surface area (Å²) in [6, 6.07) is 23.5. The van der Waals surface area contributed by atoms with E-state index in [0.29, 0.717) is 0 Å². The fourth-order valence-electron chi connectivity index (χ4n) is 4.18. The van der Waals surface area contributed by atoms with Gasteiger partial charge in [-0.25, -0.2) is 4.83 Å². The Hall–Kier alpha value is -2.57. The number of hydrogen-bond donors (Lipinski definition) is 1. The summed E-state index contributed by atoms with van der Waals surface area (Å²) in [5.74, 6) is 0. The molecule has 2 aliphatic rings. The first kappa shape index (κ1) is 18.5. The van der Waals surface area contributed by atoms with Crippen molar-refractivity contribution >= 4 is 27.5 Å². The summed E-state index contributed by atoms with van der Waals surface area (Å²) in [7, 11) is -3.70. The van der Waals surface area contributed by atoms with Crippen LogP contribution in [0.25, 0.3) is 0 Å². The molecule has 5 rings (SSSR count). The number of hydrazone groups is 1. The van der Waals surface area contributed by atoms with Crippen molar-refractivity contribution in [2.45, 2.75) is 39.9 Å². The van der Waals surface area contributed by atoms with Gasteiger partial charge in [0.05, 0.1) is 16.0 Å². The summed E-state index contributed by atoms with van der Waals surface area (Å²) >= 11 is 1.76. The first-order valence-corrected chi connectivity index (χ1v) is 11.8. The van der Waals surface area contributed by atoms with E-state index in [1.165, 1.54) is 20.9 Å². The third-order valence-electron chi connectivity index (χ3n) is 5.78. The standard InChI is InChI=1S/C23H20N2O2S2/c1-16-10-12-17(13-11-16)29(26,27)25-24-22-14-15-23(22)18-6-2-4-8-20(18)28-21-9-5-3-7-19(21)23/h2-13,25H,14-15H2,1H3/b24-22+. The molecule has 0 amide bonds. The monoisotopic (exact) mass is 420 g/mol. The topological polar surface area (TPSA) is 58.5 Å². The van der Waals surface area contributed by atoms with Crippen molar-refractivity contribution in [3.8, 4) is 0 Å². The molecule has 1 saturated carbocycles. The molecule has 0 unspecified atom stereocenters. The quantitative estimate of drug-likeness (QED) is 0.615. The Morgan fingerprint density at radius 1 is 0.897 bits per heavy atom. The lowest BCUT2D eigenvalue weighted by molar-refractivity contribution is 0.514. The molecule has 6 heteroatoms. The molecule has 1 spiro atoms. The van der Waals surface area contributed by atoms with Crippen LogP contribution in [0.1, 0.15) is 29.5 Å². The van der Waals surface area contributed by atoms with Gasteiger partial charge >= 0.3 is 0 Å². The number of sulfonamides is 1. The lowest BCUT2D eigenvalue weighted by atomic mass is 9.59. The first-order chi connectivity index (χ1) is 14.0. The molecule has 3 aromatic rings. The minimum absolute atomic E-state index is 0.223. The number of aryl methyl sites for hydroxylation is 1. The van der Waals surface area contributed by atoms with Crippen molar-refractivity contribution in [3.63, 3.8) is 0 Å². The maximum atomic E-state index is 12.7. The predicted molar refractivity (Wildman–Crippen MR) is 116 cm³/mol. The van der Waals surface area contributed by atoms with Crippen LogP contribution in [0.15, 0.2) is 92.6 Å². The average Bonchev–Trinajstić information content (AvgIpc) is 2.71. The summed E-state index contributed by atoms with van der Waals surface area (Å²) in [4.78, 5) is 5.12. The third-order valence-corrected chi connectivity index (χ3v) is 8.15. The second-order valence-electron chi connectivity index (χ2n) is 7.47. The highest BCUT2D eigenvalue weighted by molar-refractivity contribution is 7.99. The van der Waals surface area contributed by atoms with E-state index in [0.717, 1.165) is 24.1 Å². The minimum Gasteiger partial charge on any atom is -0.200 e. The zero-order valence-electron chi connectivity index (χ0n) is 15.9. The van der Waals surface area contributed by atoms with E-state index in [9.17, 15) is 8.42 Å². The van der Waals surface area contributed by atoms with E-state index in [-0.39, 0.29) is 10.3 Å². The maximum absolute atomic E-state index is 12.7. The van der Waals surface area contributed by atoms with Gasteiger partial charge in [-0.05, 0) is 55.2 Å². The van der Waals surface area contributed by atoms with Gasteiger partial charge in [0, 0.05) is 9.79 Å². The molecule has 1 heterocycles. The Kier molecular flexibility index (Phi) is 4.29. The van der Waals surface area contributed by atoms with Gasteiger partial charge in [0.25, 0.3) is 10.0 Å². The van der Waals surface area contributed by atoms with Gasteiger partial charge in [-0.3, -0.25) is 0 Å². The van der Waals surface area contributed by atoms with Crippen molar-refractivity contribution in [3.05, 3.63) is 89.5 Å². The van der Waals surface area contributed by atoms with Gasteiger partial charge in [-0.1, -0.05) is 65.9 Å². The molecule has 0 bridgehead atoms. The summed E-state index contributed by atoms with van der Waals surface area (Å²) < 4.78 is 25.5. The molecule has 29 heavy (non-hydrogen) atoms. The summed E-state index contributed by atoms with van der Waals surface area (Å²) in [5, 5.41) is 4.44. The summed E-state index contributed by atoms with van der Waals surface area (Å²) in [6.45, 7) is 1.93. The van der Waals surface area contributed by atoms with E-state index >= 15 is 0 Å². The Labute approximate surface area is 175 Å². The third kappa shape index (κ3) is 2.90. The van der Waals surface area contributed by atoms with E-state index in [2.05, 4.69) is 34.2 Å². The van der Waals surface area contributed by atoms with Crippen LogP contribution in [0.4, 0.5) is 0 Å². The van der Waals surface area contributed by atoms with Gasteiger partial charge in [0.2, 0.25) is 0 Å². The minimum atomic E-state index is -3.70. The molecule has 146 valence electrons. The van der Waals surface area contributed by atoms with Crippen molar-refractivity contribution in [2.75, 3.05) is 0 Å². The average molecular weight is 421 g/mol. The number of hydrogen-bond acceptors (Lipinski definition) is 4. The molecule has 0 saturated heterocycles. The number of rotatable bonds is 3. The lowest BCUT2D eigenvalue weighted by Crippen LogP contribution is -2.49. The van der Waals surface area contributed by atoms with Crippen LogP contribution in [-0.2, 0) is 15.4 Å². The van der Waals surface area contributed by atoms with Crippen LogP contribution >= 0.6 is 11.8 Å². The van der Waals surface area contributed by atoms with Gasteiger partial charge in [-0.2, -0.15) is 13.5 Å². The van der Waals surface area contributed by atoms with E-state index in [1.54, 1.807) is 36.0 Å². The molecule has 0 aromatic heterocycles. The zero-order chi connectivity index (χ0) is 20.1. The Bertz CT molecular complexity index is 1190. The lowest BCUT2D eigenvalue weighted by Gasteiger charge is -2.47. The molecule has 3 aromatic carbocycles. The van der Waals surface area contributed by atoms with Crippen molar-refractivity contribution in [1.82, 2.24) is 4.83 Å². The van der Waals surface area contributed by atoms with Crippen LogP contribution in [0, 0.1) is 6.92 Å². The van der Waals surface area contributed by atoms with Crippen molar-refractivity contribution in [1.29, 1.82) is 0 Å². The molecule has 0 atom stereocenters. The van der Waals surface area contributed by atoms with Crippen LogP contribution in [-0.4, -0.2) is 14.1 Å². The molecule has 0 radical (unpaired) electrons. The summed E-state index contributed by atoms with van der Waals surface area (Å²) in [6.07, 6.45) is 1.69. The molecular formula is C23H20N2O2S2. The van der Waals surface area contributed by atoms with E-state index in [1.807, 2.05) is 31.2 Å². The normalized spacial score (nSPS) is 18.0. The van der Waals surface area contributed by atoms with E-state index in [4.69, 9.17) is 0 Å². The smallest absolute Gasteiger partial charge is 0.200 e. The van der Waals surface area contributed by atoms with Gasteiger partial charge in [0.1, 0.15) is 0 Å². The first-order valence-electron chi connectivity index (χ1n) is 9.53. The second kappa shape index (κ2) is 6.75. The van der Waals surface area contributed by atoms with Crippen LogP contribution in [0.2, 0.25) is 0 Å².